The number of carbonyl (C=O) groups is 1. The molecule has 37 heavy (non-hydrogen) atoms. The lowest BCUT2D eigenvalue weighted by Gasteiger charge is -2.37. The fourth-order valence-corrected chi connectivity index (χ4v) is 4.25. The molecule has 2 aromatic heterocycles. The first-order valence-corrected chi connectivity index (χ1v) is 12.0. The van der Waals surface area contributed by atoms with E-state index in [0.717, 1.165) is 16.7 Å². The van der Waals surface area contributed by atoms with E-state index in [2.05, 4.69) is 18.0 Å². The molecule has 4 aromatic rings. The number of aromatic nitrogens is 1. The molecule has 1 N–H and O–H groups in total. The van der Waals surface area contributed by atoms with Crippen LogP contribution in [0.4, 0.5) is 0 Å². The van der Waals surface area contributed by atoms with E-state index in [4.69, 9.17) is 19.0 Å². The number of aliphatic hydroxyl groups is 1. The maximum Gasteiger partial charge on any atom is 0.253 e. The van der Waals surface area contributed by atoms with Crippen LogP contribution in [0.15, 0.2) is 65.2 Å². The zero-order valence-electron chi connectivity index (χ0n) is 20.7. The Morgan fingerprint density at radius 2 is 1.92 bits per heavy atom. The first-order chi connectivity index (χ1) is 17.9. The molecule has 0 unspecified atom stereocenters. The molecule has 0 bridgehead atoms. The molecule has 0 saturated carbocycles. The van der Waals surface area contributed by atoms with Crippen molar-refractivity contribution in [2.75, 3.05) is 40.0 Å². The smallest absolute Gasteiger partial charge is 0.253 e. The minimum Gasteiger partial charge on any atom is -0.491 e. The highest BCUT2D eigenvalue weighted by atomic mass is 16.5. The van der Waals surface area contributed by atoms with E-state index in [1.165, 1.54) is 4.90 Å². The lowest BCUT2D eigenvalue weighted by molar-refractivity contribution is -0.120. The first-order valence-electron chi connectivity index (χ1n) is 12.0. The number of benzene rings is 2. The van der Waals surface area contributed by atoms with Gasteiger partial charge in [-0.25, -0.2) is 0 Å². The molecule has 1 aliphatic heterocycles. The SMILES string of the molecule is CN(CCO)C(=O)c1ccc(-c2cc3nccc(-c4ccc(OCC5(C)COC5)c(C#N)c4)c3o2)cc1. The predicted octanol–water partition coefficient (Wildman–Crippen LogP) is 4.51. The van der Waals surface area contributed by atoms with Gasteiger partial charge < -0.3 is 23.9 Å². The molecule has 5 rings (SSSR count). The van der Waals surface area contributed by atoms with Crippen LogP contribution in [0.3, 0.4) is 0 Å². The van der Waals surface area contributed by atoms with E-state index in [9.17, 15) is 10.1 Å². The quantitative estimate of drug-likeness (QED) is 0.381. The van der Waals surface area contributed by atoms with Crippen LogP contribution in [0.2, 0.25) is 0 Å². The zero-order chi connectivity index (χ0) is 26.0. The van der Waals surface area contributed by atoms with E-state index in [1.54, 1.807) is 31.4 Å². The number of nitriles is 1. The molecule has 8 heteroatoms. The zero-order valence-corrected chi connectivity index (χ0v) is 20.7. The van der Waals surface area contributed by atoms with Gasteiger partial charge in [-0.1, -0.05) is 25.1 Å². The molecule has 8 nitrogen and oxygen atoms in total. The summed E-state index contributed by atoms with van der Waals surface area (Å²) in [5.41, 5.74) is 4.70. The Morgan fingerprint density at radius 3 is 2.59 bits per heavy atom. The molecule has 188 valence electrons. The molecule has 0 radical (unpaired) electrons. The fourth-order valence-electron chi connectivity index (χ4n) is 4.25. The van der Waals surface area contributed by atoms with Crippen molar-refractivity contribution >= 4 is 17.0 Å². The molecule has 0 atom stereocenters. The second kappa shape index (κ2) is 10.1. The van der Waals surface area contributed by atoms with Crippen molar-refractivity contribution < 1.29 is 23.8 Å². The maximum atomic E-state index is 12.5. The summed E-state index contributed by atoms with van der Waals surface area (Å²) >= 11 is 0. The third-order valence-electron chi connectivity index (χ3n) is 6.50. The van der Waals surface area contributed by atoms with Crippen LogP contribution in [0.5, 0.6) is 5.75 Å². The summed E-state index contributed by atoms with van der Waals surface area (Å²) in [6.45, 7) is 4.08. The van der Waals surface area contributed by atoms with E-state index in [-0.39, 0.29) is 24.5 Å². The van der Waals surface area contributed by atoms with E-state index >= 15 is 0 Å². The highest BCUT2D eigenvalue weighted by Crippen LogP contribution is 2.36. The third-order valence-corrected chi connectivity index (χ3v) is 6.50. The molecule has 1 fully saturated rings. The van der Waals surface area contributed by atoms with Crippen LogP contribution in [0, 0.1) is 16.7 Å². The molecular weight excluding hydrogens is 470 g/mol. The number of ether oxygens (including phenoxy) is 2. The van der Waals surface area contributed by atoms with Crippen LogP contribution in [0.1, 0.15) is 22.8 Å². The third kappa shape index (κ3) is 4.92. The second-order valence-corrected chi connectivity index (χ2v) is 9.63. The Kier molecular flexibility index (Phi) is 6.66. The highest BCUT2D eigenvalue weighted by molar-refractivity contribution is 5.95. The average molecular weight is 498 g/mol. The normalized spacial score (nSPS) is 14.1. The number of rotatable bonds is 8. The van der Waals surface area contributed by atoms with Gasteiger partial charge in [-0.15, -0.1) is 0 Å². The number of furan rings is 1. The monoisotopic (exact) mass is 497 g/mol. The van der Waals surface area contributed by atoms with Gasteiger partial charge in [-0.3, -0.25) is 9.78 Å². The average Bonchev–Trinajstić information content (AvgIpc) is 3.35. The summed E-state index contributed by atoms with van der Waals surface area (Å²) in [6.07, 6.45) is 1.71. The Hall–Kier alpha value is -4.19. The molecule has 0 spiro atoms. The van der Waals surface area contributed by atoms with Gasteiger partial charge in [-0.2, -0.15) is 5.26 Å². The summed E-state index contributed by atoms with van der Waals surface area (Å²) in [6, 6.07) is 18.6. The Morgan fingerprint density at radius 1 is 1.16 bits per heavy atom. The van der Waals surface area contributed by atoms with Gasteiger partial charge in [0.05, 0.1) is 32.0 Å². The molecular formula is C29H27N3O5. The maximum absolute atomic E-state index is 12.5. The predicted molar refractivity (Wildman–Crippen MR) is 138 cm³/mol. The summed E-state index contributed by atoms with van der Waals surface area (Å²) in [5.74, 6) is 1.00. The van der Waals surface area contributed by atoms with Crippen molar-refractivity contribution in [3.05, 3.63) is 71.9 Å². The highest BCUT2D eigenvalue weighted by Gasteiger charge is 2.34. The van der Waals surface area contributed by atoms with E-state index in [0.29, 0.717) is 53.6 Å². The minimum atomic E-state index is -0.162. The van der Waals surface area contributed by atoms with Crippen molar-refractivity contribution in [2.45, 2.75) is 6.92 Å². The molecule has 1 saturated heterocycles. The largest absolute Gasteiger partial charge is 0.491 e. The lowest BCUT2D eigenvalue weighted by atomic mass is 9.90. The number of aliphatic hydroxyl groups excluding tert-OH is 1. The van der Waals surface area contributed by atoms with Gasteiger partial charge in [0.2, 0.25) is 0 Å². The molecule has 3 heterocycles. The van der Waals surface area contributed by atoms with Crippen molar-refractivity contribution in [3.63, 3.8) is 0 Å². The number of hydrogen-bond donors (Lipinski definition) is 1. The number of fused-ring (bicyclic) bond motifs is 1. The Balaban J connectivity index is 1.42. The summed E-state index contributed by atoms with van der Waals surface area (Å²) in [4.78, 5) is 18.4. The van der Waals surface area contributed by atoms with Crippen LogP contribution < -0.4 is 4.74 Å². The number of nitrogens with zero attached hydrogens (tertiary/aromatic N) is 3. The number of hydrogen-bond acceptors (Lipinski definition) is 7. The summed E-state index contributed by atoms with van der Waals surface area (Å²) < 4.78 is 17.5. The van der Waals surface area contributed by atoms with Gasteiger partial charge in [0.25, 0.3) is 5.91 Å². The first kappa shape index (κ1) is 24.5. The van der Waals surface area contributed by atoms with Crippen molar-refractivity contribution in [1.29, 1.82) is 5.26 Å². The van der Waals surface area contributed by atoms with Gasteiger partial charge in [0.1, 0.15) is 23.1 Å². The fraction of sp³-hybridized carbons (Fsp3) is 0.276. The van der Waals surface area contributed by atoms with Crippen LogP contribution in [0.25, 0.3) is 33.6 Å². The van der Waals surface area contributed by atoms with Crippen molar-refractivity contribution in [3.8, 4) is 34.3 Å². The van der Waals surface area contributed by atoms with Crippen molar-refractivity contribution in [2.24, 2.45) is 5.41 Å². The standard InChI is InChI=1S/C29H27N3O5/c1-29(16-35-17-29)18-36-25-8-7-21(13-22(25)15-30)23-9-10-31-24-14-26(37-27(23)24)19-3-5-20(6-4-19)28(34)32(2)11-12-33/h3-10,13-14,33H,11-12,16-18H2,1-2H3. The molecule has 1 amide bonds. The van der Waals surface area contributed by atoms with Gasteiger partial charge >= 0.3 is 0 Å². The lowest BCUT2D eigenvalue weighted by Crippen LogP contribution is -2.44. The van der Waals surface area contributed by atoms with Crippen molar-refractivity contribution in [1.82, 2.24) is 9.88 Å². The topological polar surface area (TPSA) is 109 Å². The number of carbonyl (C=O) groups excluding carboxylic acids is 1. The molecule has 0 aliphatic carbocycles. The van der Waals surface area contributed by atoms with Gasteiger partial charge in [0, 0.05) is 48.0 Å². The molecule has 1 aliphatic rings. The summed E-state index contributed by atoms with van der Waals surface area (Å²) in [7, 11) is 1.65. The minimum absolute atomic E-state index is 0.0198. The van der Waals surface area contributed by atoms with E-state index in [1.807, 2.05) is 36.4 Å². The number of pyridine rings is 1. The molecule has 2 aromatic carbocycles. The van der Waals surface area contributed by atoms with Crippen LogP contribution in [-0.4, -0.2) is 60.9 Å². The summed E-state index contributed by atoms with van der Waals surface area (Å²) in [5, 5.41) is 18.8. The second-order valence-electron chi connectivity index (χ2n) is 9.63. The van der Waals surface area contributed by atoms with Gasteiger partial charge in [0.15, 0.2) is 5.58 Å². The van der Waals surface area contributed by atoms with Crippen LogP contribution >= 0.6 is 0 Å². The Bertz CT molecular complexity index is 1480. The van der Waals surface area contributed by atoms with Gasteiger partial charge in [-0.05, 0) is 35.9 Å². The number of likely N-dealkylation sites (N-methyl/N-ethyl adjacent to an activating group) is 1. The number of amides is 1. The van der Waals surface area contributed by atoms with E-state index < -0.39 is 0 Å². The van der Waals surface area contributed by atoms with Crippen LogP contribution in [-0.2, 0) is 4.74 Å². The Labute approximate surface area is 214 Å².